The lowest BCUT2D eigenvalue weighted by Gasteiger charge is -2.12. The van der Waals surface area contributed by atoms with Gasteiger partial charge in [-0.2, -0.15) is 0 Å². The van der Waals surface area contributed by atoms with Crippen molar-refractivity contribution in [3.05, 3.63) is 29.8 Å². The lowest BCUT2D eigenvalue weighted by Crippen LogP contribution is -3.04. The van der Waals surface area contributed by atoms with Crippen LogP contribution in [0, 0.1) is 0 Å². The molecule has 1 heterocycles. The number of quaternary nitrogens is 1. The molecule has 0 spiro atoms. The summed E-state index contributed by atoms with van der Waals surface area (Å²) in [5.41, 5.74) is 2.93. The van der Waals surface area contributed by atoms with Crippen LogP contribution in [-0.4, -0.2) is 13.1 Å². The number of benzene rings is 1. The van der Waals surface area contributed by atoms with E-state index in [1.165, 1.54) is 37.2 Å². The molecule has 1 heteroatoms. The first-order valence-corrected chi connectivity index (χ1v) is 5.72. The van der Waals surface area contributed by atoms with Gasteiger partial charge in [-0.25, -0.2) is 0 Å². The topological polar surface area (TPSA) is 4.44 Å². The van der Waals surface area contributed by atoms with Gasteiger partial charge in [0.25, 0.3) is 0 Å². The van der Waals surface area contributed by atoms with Gasteiger partial charge in [0, 0.05) is 12.8 Å². The second kappa shape index (κ2) is 4.14. The molecule has 1 fully saturated rings. The Morgan fingerprint density at radius 1 is 1.00 bits per heavy atom. The van der Waals surface area contributed by atoms with Gasteiger partial charge in [0.05, 0.1) is 13.1 Å². The van der Waals surface area contributed by atoms with Gasteiger partial charge in [-0.15, -0.1) is 0 Å². The SMILES string of the molecule is CC(C)c1ccc([NH+]2CCCC2)cc1. The second-order valence-electron chi connectivity index (χ2n) is 4.59. The molecule has 1 aromatic rings. The molecule has 2 rings (SSSR count). The van der Waals surface area contributed by atoms with E-state index in [4.69, 9.17) is 0 Å². The van der Waals surface area contributed by atoms with Crippen molar-refractivity contribution in [1.82, 2.24) is 0 Å². The first-order valence-electron chi connectivity index (χ1n) is 5.72. The molecule has 1 saturated heterocycles. The molecule has 1 nitrogen and oxygen atoms in total. The summed E-state index contributed by atoms with van der Waals surface area (Å²) in [4.78, 5) is 1.67. The van der Waals surface area contributed by atoms with Crippen molar-refractivity contribution in [3.63, 3.8) is 0 Å². The average molecular weight is 190 g/mol. The Morgan fingerprint density at radius 3 is 2.07 bits per heavy atom. The first-order chi connectivity index (χ1) is 6.77. The Morgan fingerprint density at radius 2 is 1.57 bits per heavy atom. The summed E-state index contributed by atoms with van der Waals surface area (Å²) in [6.45, 7) is 7.14. The predicted molar refractivity (Wildman–Crippen MR) is 60.1 cm³/mol. The fraction of sp³-hybridized carbons (Fsp3) is 0.538. The molecule has 0 radical (unpaired) electrons. The van der Waals surface area contributed by atoms with Gasteiger partial charge >= 0.3 is 0 Å². The smallest absolute Gasteiger partial charge is 0.131 e. The highest BCUT2D eigenvalue weighted by Crippen LogP contribution is 2.15. The van der Waals surface area contributed by atoms with E-state index in [2.05, 4.69) is 38.1 Å². The minimum absolute atomic E-state index is 0.651. The first kappa shape index (κ1) is 9.72. The molecule has 76 valence electrons. The van der Waals surface area contributed by atoms with E-state index in [1.54, 1.807) is 4.90 Å². The minimum atomic E-state index is 0.651. The van der Waals surface area contributed by atoms with Crippen molar-refractivity contribution >= 4 is 5.69 Å². The maximum absolute atomic E-state index is 2.30. The van der Waals surface area contributed by atoms with Crippen LogP contribution in [-0.2, 0) is 0 Å². The quantitative estimate of drug-likeness (QED) is 0.728. The zero-order chi connectivity index (χ0) is 9.97. The summed E-state index contributed by atoms with van der Waals surface area (Å²) in [5.74, 6) is 0.651. The Hall–Kier alpha value is -0.820. The molecule has 0 unspecified atom stereocenters. The molecule has 1 aromatic carbocycles. The maximum atomic E-state index is 2.30. The molecule has 0 amide bonds. The standard InChI is InChI=1S/C13H19N/c1-11(2)12-5-7-13(8-6-12)14-9-3-4-10-14/h5-8,11H,3-4,9-10H2,1-2H3/p+1. The van der Waals surface area contributed by atoms with Crippen molar-refractivity contribution in [2.75, 3.05) is 13.1 Å². The van der Waals surface area contributed by atoms with Crippen LogP contribution >= 0.6 is 0 Å². The lowest BCUT2D eigenvalue weighted by atomic mass is 10.0. The van der Waals surface area contributed by atoms with Gasteiger partial charge in [0.2, 0.25) is 0 Å². The molecule has 0 aromatic heterocycles. The van der Waals surface area contributed by atoms with Crippen molar-refractivity contribution in [2.45, 2.75) is 32.6 Å². The van der Waals surface area contributed by atoms with E-state index in [9.17, 15) is 0 Å². The maximum Gasteiger partial charge on any atom is 0.131 e. The van der Waals surface area contributed by atoms with Crippen LogP contribution in [0.1, 0.15) is 38.2 Å². The predicted octanol–water partition coefficient (Wildman–Crippen LogP) is 2.12. The Labute approximate surface area is 86.7 Å². The van der Waals surface area contributed by atoms with Crippen molar-refractivity contribution in [1.29, 1.82) is 0 Å². The molecule has 0 bridgehead atoms. The molecule has 0 aliphatic carbocycles. The summed E-state index contributed by atoms with van der Waals surface area (Å²) < 4.78 is 0. The molecule has 1 aliphatic heterocycles. The Kier molecular flexibility index (Phi) is 2.87. The zero-order valence-electron chi connectivity index (χ0n) is 9.22. The minimum Gasteiger partial charge on any atom is -0.302 e. The number of rotatable bonds is 2. The third kappa shape index (κ3) is 1.98. The monoisotopic (exact) mass is 190 g/mol. The third-order valence-corrected chi connectivity index (χ3v) is 3.19. The van der Waals surface area contributed by atoms with Gasteiger partial charge in [-0.3, -0.25) is 0 Å². The van der Waals surface area contributed by atoms with Gasteiger partial charge in [0.1, 0.15) is 5.69 Å². The van der Waals surface area contributed by atoms with Crippen molar-refractivity contribution < 1.29 is 4.90 Å². The van der Waals surface area contributed by atoms with Crippen LogP contribution in [0.25, 0.3) is 0 Å². The van der Waals surface area contributed by atoms with Crippen molar-refractivity contribution in [2.24, 2.45) is 0 Å². The highest BCUT2D eigenvalue weighted by Gasteiger charge is 2.17. The zero-order valence-corrected chi connectivity index (χ0v) is 9.22. The molecule has 1 N–H and O–H groups in total. The summed E-state index contributed by atoms with van der Waals surface area (Å²) in [6, 6.07) is 9.17. The van der Waals surface area contributed by atoms with E-state index >= 15 is 0 Å². The number of nitrogens with one attached hydrogen (secondary N) is 1. The molecule has 1 aliphatic rings. The van der Waals surface area contributed by atoms with Crippen LogP contribution < -0.4 is 4.90 Å². The summed E-state index contributed by atoms with van der Waals surface area (Å²) in [6.07, 6.45) is 2.78. The average Bonchev–Trinajstić information content (AvgIpc) is 2.71. The summed E-state index contributed by atoms with van der Waals surface area (Å²) in [7, 11) is 0. The van der Waals surface area contributed by atoms with E-state index in [0.29, 0.717) is 5.92 Å². The summed E-state index contributed by atoms with van der Waals surface area (Å²) >= 11 is 0. The van der Waals surface area contributed by atoms with Gasteiger partial charge in [-0.1, -0.05) is 26.0 Å². The number of hydrogen-bond acceptors (Lipinski definition) is 0. The number of hydrogen-bond donors (Lipinski definition) is 1. The van der Waals surface area contributed by atoms with E-state index < -0.39 is 0 Å². The van der Waals surface area contributed by atoms with E-state index in [0.717, 1.165) is 0 Å². The third-order valence-electron chi connectivity index (χ3n) is 3.19. The largest absolute Gasteiger partial charge is 0.302 e. The molecule has 0 saturated carbocycles. The van der Waals surface area contributed by atoms with Gasteiger partial charge in [-0.05, 0) is 23.6 Å². The molecule has 14 heavy (non-hydrogen) atoms. The van der Waals surface area contributed by atoms with Crippen LogP contribution in [0.5, 0.6) is 0 Å². The fourth-order valence-electron chi connectivity index (χ4n) is 2.19. The van der Waals surface area contributed by atoms with E-state index in [-0.39, 0.29) is 0 Å². The lowest BCUT2D eigenvalue weighted by molar-refractivity contribution is -0.818. The molecular weight excluding hydrogens is 170 g/mol. The molecule has 0 atom stereocenters. The van der Waals surface area contributed by atoms with Gasteiger partial charge in [0.15, 0.2) is 0 Å². The van der Waals surface area contributed by atoms with Crippen molar-refractivity contribution in [3.8, 4) is 0 Å². The summed E-state index contributed by atoms with van der Waals surface area (Å²) in [5, 5.41) is 0. The highest BCUT2D eigenvalue weighted by molar-refractivity contribution is 5.33. The van der Waals surface area contributed by atoms with Crippen LogP contribution in [0.4, 0.5) is 5.69 Å². The highest BCUT2D eigenvalue weighted by atomic mass is 15.1. The molecular formula is C13H20N+. The normalized spacial score (nSPS) is 17.9. The van der Waals surface area contributed by atoms with Crippen LogP contribution in [0.2, 0.25) is 0 Å². The Balaban J connectivity index is 2.12. The van der Waals surface area contributed by atoms with E-state index in [1.807, 2.05) is 0 Å². The fourth-order valence-corrected chi connectivity index (χ4v) is 2.19. The Bertz CT molecular complexity index is 281. The van der Waals surface area contributed by atoms with Crippen LogP contribution in [0.15, 0.2) is 24.3 Å². The van der Waals surface area contributed by atoms with Gasteiger partial charge < -0.3 is 4.90 Å². The van der Waals surface area contributed by atoms with Crippen LogP contribution in [0.3, 0.4) is 0 Å². The second-order valence-corrected chi connectivity index (χ2v) is 4.59.